The van der Waals surface area contributed by atoms with Crippen LogP contribution in [0.3, 0.4) is 0 Å². The highest BCUT2D eigenvalue weighted by atomic mass is 16.6. The lowest BCUT2D eigenvalue weighted by molar-refractivity contribution is -0.0583. The molecule has 3 fully saturated rings. The summed E-state index contributed by atoms with van der Waals surface area (Å²) < 4.78 is 11.1. The van der Waals surface area contributed by atoms with Crippen molar-refractivity contribution in [1.29, 1.82) is 0 Å². The first-order chi connectivity index (χ1) is 15.0. The molecule has 0 radical (unpaired) electrons. The van der Waals surface area contributed by atoms with Crippen molar-refractivity contribution in [3.63, 3.8) is 0 Å². The van der Waals surface area contributed by atoms with Gasteiger partial charge in [0.15, 0.2) is 11.5 Å². The Morgan fingerprint density at radius 1 is 1.10 bits per heavy atom. The van der Waals surface area contributed by atoms with Crippen LogP contribution in [0.1, 0.15) is 63.9 Å². The summed E-state index contributed by atoms with van der Waals surface area (Å²) in [6, 6.07) is 6.93. The van der Waals surface area contributed by atoms with Gasteiger partial charge in [0.2, 0.25) is 0 Å². The van der Waals surface area contributed by atoms with Gasteiger partial charge in [-0.05, 0) is 69.3 Å². The molecule has 1 aromatic carbocycles. The predicted octanol–water partition coefficient (Wildman–Crippen LogP) is 5.09. The number of hydrogen-bond acceptors (Lipinski definition) is 5. The number of oxime groups is 1. The number of fused-ring (bicyclic) bond motifs is 3. The Morgan fingerprint density at radius 3 is 2.74 bits per heavy atom. The molecule has 0 N–H and O–H groups in total. The number of ether oxygens (including phenoxy) is 2. The topological polar surface area (TPSA) is 43.3 Å². The van der Waals surface area contributed by atoms with Gasteiger partial charge in [-0.25, -0.2) is 0 Å². The number of likely N-dealkylation sites (tertiary alicyclic amines) is 1. The maximum absolute atomic E-state index is 6.34. The second kappa shape index (κ2) is 7.84. The first-order valence-corrected chi connectivity index (χ1v) is 11.8. The number of nitrogens with zero attached hydrogens (tertiary/aromatic N) is 2. The molecule has 3 aliphatic carbocycles. The minimum Gasteiger partial charge on any atom is -0.493 e. The van der Waals surface area contributed by atoms with Crippen LogP contribution in [0, 0.1) is 5.92 Å². The van der Waals surface area contributed by atoms with Gasteiger partial charge in [-0.1, -0.05) is 29.8 Å². The maximum Gasteiger partial charge on any atom is 0.161 e. The fraction of sp³-hybridized carbons (Fsp3) is 0.654. The third-order valence-electron chi connectivity index (χ3n) is 8.34. The molecule has 168 valence electrons. The molecule has 1 aromatic rings. The highest BCUT2D eigenvalue weighted by molar-refractivity contribution is 5.86. The molecule has 2 bridgehead atoms. The van der Waals surface area contributed by atoms with E-state index in [0.29, 0.717) is 12.0 Å². The van der Waals surface area contributed by atoms with Crippen LogP contribution in [-0.4, -0.2) is 50.1 Å². The van der Waals surface area contributed by atoms with Gasteiger partial charge < -0.3 is 19.2 Å². The van der Waals surface area contributed by atoms with E-state index in [4.69, 9.17) is 19.5 Å². The zero-order valence-electron chi connectivity index (χ0n) is 19.4. The van der Waals surface area contributed by atoms with Crippen molar-refractivity contribution < 1.29 is 14.3 Å². The fourth-order valence-electron chi connectivity index (χ4n) is 6.79. The third-order valence-corrected chi connectivity index (χ3v) is 8.34. The molecule has 5 nitrogen and oxygen atoms in total. The lowest BCUT2D eigenvalue weighted by Crippen LogP contribution is -2.46. The molecule has 5 heteroatoms. The lowest BCUT2D eigenvalue weighted by atomic mass is 9.65. The van der Waals surface area contributed by atoms with E-state index in [1.807, 2.05) is 0 Å². The van der Waals surface area contributed by atoms with Crippen LogP contribution in [0.2, 0.25) is 0 Å². The Morgan fingerprint density at radius 2 is 1.94 bits per heavy atom. The van der Waals surface area contributed by atoms with Crippen LogP contribution in [0.5, 0.6) is 11.5 Å². The summed E-state index contributed by atoms with van der Waals surface area (Å²) in [4.78, 5) is 8.86. The van der Waals surface area contributed by atoms with Gasteiger partial charge in [0.1, 0.15) is 5.60 Å². The Bertz CT molecular complexity index is 910. The van der Waals surface area contributed by atoms with Gasteiger partial charge >= 0.3 is 0 Å². The minimum atomic E-state index is -0.0700. The number of likely N-dealkylation sites (N-methyl/N-ethyl adjacent to an activating group) is 1. The second-order valence-electron chi connectivity index (χ2n) is 10.4. The molecule has 1 saturated heterocycles. The minimum absolute atomic E-state index is 0.0700. The first-order valence-electron chi connectivity index (χ1n) is 11.8. The summed E-state index contributed by atoms with van der Waals surface area (Å²) in [7, 11) is 5.67. The van der Waals surface area contributed by atoms with Gasteiger partial charge in [-0.3, -0.25) is 0 Å². The van der Waals surface area contributed by atoms with E-state index in [2.05, 4.69) is 43.1 Å². The van der Waals surface area contributed by atoms with E-state index in [0.717, 1.165) is 56.6 Å². The normalized spacial score (nSPS) is 36.3. The van der Waals surface area contributed by atoms with Gasteiger partial charge in [-0.2, -0.15) is 0 Å². The van der Waals surface area contributed by atoms with E-state index in [1.165, 1.54) is 24.1 Å². The van der Waals surface area contributed by atoms with Crippen LogP contribution >= 0.6 is 0 Å². The molecule has 0 aromatic heterocycles. The molecule has 31 heavy (non-hydrogen) atoms. The van der Waals surface area contributed by atoms with Crippen LogP contribution in [-0.2, 0) is 10.3 Å². The van der Waals surface area contributed by atoms with Crippen molar-refractivity contribution in [3.05, 3.63) is 35.4 Å². The maximum atomic E-state index is 6.34. The van der Waals surface area contributed by atoms with Crippen LogP contribution < -0.4 is 9.47 Å². The number of methoxy groups -OCH3 is 2. The average molecular weight is 425 g/mol. The lowest BCUT2D eigenvalue weighted by Gasteiger charge is -2.42. The summed E-state index contributed by atoms with van der Waals surface area (Å²) in [5, 5.41) is 4.80. The summed E-state index contributed by atoms with van der Waals surface area (Å²) in [5.41, 5.74) is 4.25. The monoisotopic (exact) mass is 424 g/mol. The summed E-state index contributed by atoms with van der Waals surface area (Å²) in [5.74, 6) is 2.32. The Kier molecular flexibility index (Phi) is 5.28. The Hall–Kier alpha value is -2.01. The molecule has 0 spiro atoms. The van der Waals surface area contributed by atoms with E-state index in [1.54, 1.807) is 19.8 Å². The third kappa shape index (κ3) is 3.55. The highest BCUT2D eigenvalue weighted by Crippen LogP contribution is 2.50. The summed E-state index contributed by atoms with van der Waals surface area (Å²) in [6.45, 7) is 3.46. The molecule has 4 aliphatic rings. The zero-order valence-corrected chi connectivity index (χ0v) is 19.4. The molecule has 2 unspecified atom stereocenters. The van der Waals surface area contributed by atoms with Gasteiger partial charge in [0.05, 0.1) is 19.9 Å². The molecular weight excluding hydrogens is 388 g/mol. The predicted molar refractivity (Wildman–Crippen MR) is 123 cm³/mol. The smallest absolute Gasteiger partial charge is 0.161 e. The number of hydrogen-bond donors (Lipinski definition) is 0. The number of rotatable bonds is 5. The van der Waals surface area contributed by atoms with Gasteiger partial charge in [0, 0.05) is 30.7 Å². The van der Waals surface area contributed by atoms with E-state index in [9.17, 15) is 0 Å². The van der Waals surface area contributed by atoms with Gasteiger partial charge in [-0.15, -0.1) is 0 Å². The summed E-state index contributed by atoms with van der Waals surface area (Å²) in [6.07, 6.45) is 11.1. The molecular formula is C26H36N2O3. The SMILES string of the molecule is COc1ccc([C@@]23CC/C(=N/OC45CC=C(CC(C)C4)C5)C[C@@H]2N(C)CC3)cc1OC. The second-order valence-corrected chi connectivity index (χ2v) is 10.4. The molecule has 5 rings (SSSR count). The van der Waals surface area contributed by atoms with Crippen LogP contribution in [0.25, 0.3) is 0 Å². The number of benzene rings is 1. The molecule has 0 amide bonds. The molecule has 1 aliphatic heterocycles. The van der Waals surface area contributed by atoms with Crippen molar-refractivity contribution in [2.75, 3.05) is 27.8 Å². The largest absolute Gasteiger partial charge is 0.493 e. The van der Waals surface area contributed by atoms with Crippen molar-refractivity contribution in [3.8, 4) is 11.5 Å². The van der Waals surface area contributed by atoms with Crippen molar-refractivity contribution >= 4 is 5.71 Å². The zero-order chi connectivity index (χ0) is 21.6. The van der Waals surface area contributed by atoms with Crippen LogP contribution in [0.15, 0.2) is 35.0 Å². The van der Waals surface area contributed by atoms with Gasteiger partial charge in [0.25, 0.3) is 0 Å². The van der Waals surface area contributed by atoms with E-state index in [-0.39, 0.29) is 11.0 Å². The van der Waals surface area contributed by atoms with Crippen molar-refractivity contribution in [1.82, 2.24) is 4.90 Å². The van der Waals surface area contributed by atoms with E-state index < -0.39 is 0 Å². The summed E-state index contributed by atoms with van der Waals surface area (Å²) >= 11 is 0. The quantitative estimate of drug-likeness (QED) is 0.488. The molecule has 2 saturated carbocycles. The van der Waals surface area contributed by atoms with Crippen molar-refractivity contribution in [2.45, 2.75) is 75.3 Å². The highest BCUT2D eigenvalue weighted by Gasteiger charge is 2.50. The molecule has 1 heterocycles. The fourth-order valence-corrected chi connectivity index (χ4v) is 6.79. The standard InChI is InChI=1S/C26H36N2O3/c1-18-13-19-7-9-25(16-18,17-19)31-27-21-8-10-26(11-12-28(2)24(26)15-21)20-5-6-22(29-3)23(14-20)30-4/h5-7,14,18,24H,8-13,15-17H2,1-4H3/b27-21-/t18?,24-,25?,26-/m0/s1. The van der Waals surface area contributed by atoms with E-state index >= 15 is 0 Å². The first kappa shape index (κ1) is 20.9. The van der Waals surface area contributed by atoms with Crippen LogP contribution in [0.4, 0.5) is 0 Å². The Labute approximate surface area is 186 Å². The molecule has 4 atom stereocenters. The van der Waals surface area contributed by atoms with Crippen molar-refractivity contribution in [2.24, 2.45) is 11.1 Å². The Balaban J connectivity index is 1.36. The average Bonchev–Trinajstić information content (AvgIpc) is 3.28.